The van der Waals surface area contributed by atoms with Crippen LogP contribution in [0.2, 0.25) is 0 Å². The van der Waals surface area contributed by atoms with Crippen LogP contribution in [0.5, 0.6) is 0 Å². The molecular formula is C30H49NO6. The third-order valence-corrected chi connectivity index (χ3v) is 11.8. The smallest absolute Gasteiger partial charge is 0.321 e. The second kappa shape index (κ2) is 10.9. The minimum Gasteiger partial charge on any atom is -0.481 e. The first kappa shape index (κ1) is 28.4. The van der Waals surface area contributed by atoms with Crippen LogP contribution in [0.1, 0.15) is 97.8 Å². The second-order valence-electron chi connectivity index (χ2n) is 13.7. The van der Waals surface area contributed by atoms with Crippen molar-refractivity contribution in [3.8, 4) is 0 Å². The van der Waals surface area contributed by atoms with Gasteiger partial charge >= 0.3 is 17.9 Å². The number of carboxylic acids is 2. The summed E-state index contributed by atoms with van der Waals surface area (Å²) in [6.45, 7) is 7.31. The fourth-order valence-corrected chi connectivity index (χ4v) is 9.74. The van der Waals surface area contributed by atoms with E-state index >= 15 is 0 Å². The fraction of sp³-hybridized carbons (Fsp3) is 0.900. The summed E-state index contributed by atoms with van der Waals surface area (Å²) in [5, 5.41) is 18.6. The lowest BCUT2D eigenvalue weighted by molar-refractivity contribution is -0.166. The monoisotopic (exact) mass is 519 g/mol. The van der Waals surface area contributed by atoms with Crippen LogP contribution in [0.3, 0.4) is 0 Å². The number of aliphatic carboxylic acids is 2. The van der Waals surface area contributed by atoms with Gasteiger partial charge in [0.05, 0.1) is 6.42 Å². The number of esters is 1. The van der Waals surface area contributed by atoms with E-state index in [0.29, 0.717) is 23.2 Å². The molecule has 0 radical (unpaired) electrons. The first-order chi connectivity index (χ1) is 17.4. The van der Waals surface area contributed by atoms with E-state index in [0.717, 1.165) is 43.4 Å². The van der Waals surface area contributed by atoms with Crippen molar-refractivity contribution in [1.82, 2.24) is 4.90 Å². The standard InChI is InChI=1S/C30H49NO6/c1-18(6-11-26(32)33)22-9-10-23-21-8-7-19-16-20(37-27(34)17-25(28(35)36)31(4)5)12-14-29(19,2)24(21)13-15-30(22,23)3/h18-25H,6-17H2,1-5H3,(H,32,33)(H,35,36)/t18-,19-,20+,21+,22-,23+,24+,25+,29+,30-/m1/s1. The Hall–Kier alpha value is -1.63. The molecule has 0 aromatic carbocycles. The van der Waals surface area contributed by atoms with E-state index < -0.39 is 23.9 Å². The molecule has 0 aromatic heterocycles. The topological polar surface area (TPSA) is 104 Å². The molecule has 0 amide bonds. The van der Waals surface area contributed by atoms with Gasteiger partial charge in [-0.05, 0) is 125 Å². The molecule has 210 valence electrons. The zero-order chi connectivity index (χ0) is 27.1. The van der Waals surface area contributed by atoms with E-state index in [9.17, 15) is 24.6 Å². The molecule has 37 heavy (non-hydrogen) atoms. The first-order valence-electron chi connectivity index (χ1n) is 14.7. The number of likely N-dealkylation sites (N-methyl/N-ethyl adjacent to an activating group) is 1. The molecule has 4 fully saturated rings. The van der Waals surface area contributed by atoms with Crippen molar-refractivity contribution in [3.05, 3.63) is 0 Å². The van der Waals surface area contributed by atoms with E-state index in [1.54, 1.807) is 19.0 Å². The average molecular weight is 520 g/mol. The second-order valence-corrected chi connectivity index (χ2v) is 13.7. The molecule has 0 saturated heterocycles. The predicted molar refractivity (Wildman–Crippen MR) is 141 cm³/mol. The summed E-state index contributed by atoms with van der Waals surface area (Å²) in [6, 6.07) is -0.851. The fourth-order valence-electron chi connectivity index (χ4n) is 9.74. The summed E-state index contributed by atoms with van der Waals surface area (Å²) >= 11 is 0. The van der Waals surface area contributed by atoms with Crippen LogP contribution in [0, 0.1) is 46.3 Å². The summed E-state index contributed by atoms with van der Waals surface area (Å²) in [7, 11) is 3.35. The molecule has 0 bridgehead atoms. The van der Waals surface area contributed by atoms with Crippen LogP contribution in [0.25, 0.3) is 0 Å². The Morgan fingerprint density at radius 3 is 2.27 bits per heavy atom. The van der Waals surface area contributed by atoms with Crippen molar-refractivity contribution in [2.75, 3.05) is 14.1 Å². The van der Waals surface area contributed by atoms with E-state index in [1.807, 2.05) is 0 Å². The number of nitrogens with zero attached hydrogens (tertiary/aromatic N) is 1. The highest BCUT2D eigenvalue weighted by atomic mass is 16.5. The Labute approximate surface area is 222 Å². The third kappa shape index (κ3) is 5.44. The van der Waals surface area contributed by atoms with Gasteiger partial charge in [-0.2, -0.15) is 0 Å². The number of carbonyl (C=O) groups excluding carboxylic acids is 1. The average Bonchev–Trinajstić information content (AvgIpc) is 3.18. The van der Waals surface area contributed by atoms with Gasteiger partial charge < -0.3 is 14.9 Å². The van der Waals surface area contributed by atoms with Gasteiger partial charge in [-0.25, -0.2) is 0 Å². The number of hydrogen-bond acceptors (Lipinski definition) is 5. The molecule has 0 spiro atoms. The quantitative estimate of drug-likeness (QED) is 0.390. The summed E-state index contributed by atoms with van der Waals surface area (Å²) in [5.41, 5.74) is 0.621. The largest absolute Gasteiger partial charge is 0.481 e. The Bertz CT molecular complexity index is 874. The zero-order valence-electron chi connectivity index (χ0n) is 23.6. The Kier molecular flexibility index (Phi) is 8.33. The summed E-state index contributed by atoms with van der Waals surface area (Å²) < 4.78 is 5.85. The lowest BCUT2D eigenvalue weighted by Crippen LogP contribution is -2.54. The van der Waals surface area contributed by atoms with Crippen LogP contribution >= 0.6 is 0 Å². The Balaban J connectivity index is 1.38. The zero-order valence-corrected chi connectivity index (χ0v) is 23.6. The van der Waals surface area contributed by atoms with Gasteiger partial charge in [0.15, 0.2) is 0 Å². The van der Waals surface area contributed by atoms with Crippen molar-refractivity contribution >= 4 is 17.9 Å². The highest BCUT2D eigenvalue weighted by Crippen LogP contribution is 2.68. The van der Waals surface area contributed by atoms with E-state index in [4.69, 9.17) is 4.74 Å². The van der Waals surface area contributed by atoms with Crippen LogP contribution in [0.15, 0.2) is 0 Å². The maximum atomic E-state index is 12.6. The van der Waals surface area contributed by atoms with Gasteiger partial charge in [-0.3, -0.25) is 19.3 Å². The van der Waals surface area contributed by atoms with Crippen molar-refractivity contribution < 1.29 is 29.3 Å². The van der Waals surface area contributed by atoms with E-state index in [-0.39, 0.29) is 24.4 Å². The van der Waals surface area contributed by atoms with Crippen LogP contribution in [0.4, 0.5) is 0 Å². The van der Waals surface area contributed by atoms with Crippen molar-refractivity contribution in [1.29, 1.82) is 0 Å². The highest BCUT2D eigenvalue weighted by molar-refractivity contribution is 5.81. The molecule has 0 unspecified atom stereocenters. The maximum absolute atomic E-state index is 12.6. The number of hydrogen-bond donors (Lipinski definition) is 2. The molecule has 4 aliphatic carbocycles. The maximum Gasteiger partial charge on any atom is 0.321 e. The predicted octanol–water partition coefficient (Wildman–Crippen LogP) is 5.46. The molecule has 0 heterocycles. The van der Waals surface area contributed by atoms with E-state index in [2.05, 4.69) is 20.8 Å². The summed E-state index contributed by atoms with van der Waals surface area (Å²) in [6.07, 6.45) is 11.2. The molecule has 2 N–H and O–H groups in total. The van der Waals surface area contributed by atoms with Crippen LogP contribution in [-0.2, 0) is 19.1 Å². The molecule has 4 rings (SSSR count). The number of rotatable bonds is 9. The molecule has 10 atom stereocenters. The normalized spacial score (nSPS) is 40.7. The van der Waals surface area contributed by atoms with Gasteiger partial charge in [0, 0.05) is 6.42 Å². The molecule has 7 nitrogen and oxygen atoms in total. The van der Waals surface area contributed by atoms with Gasteiger partial charge in [-0.1, -0.05) is 20.8 Å². The molecule has 0 aromatic rings. The number of fused-ring (bicyclic) bond motifs is 5. The minimum absolute atomic E-state index is 0.0986. The van der Waals surface area contributed by atoms with Gasteiger partial charge in [-0.15, -0.1) is 0 Å². The summed E-state index contributed by atoms with van der Waals surface area (Å²) in [4.78, 5) is 36.8. The lowest BCUT2D eigenvalue weighted by atomic mass is 9.44. The van der Waals surface area contributed by atoms with Gasteiger partial charge in [0.25, 0.3) is 0 Å². The SMILES string of the molecule is C[C@H](CCC(=O)O)[C@H]1CC[C@H]2[C@@H]3CC[C@@H]4C[C@@H](OC(=O)C[C@@H](C(=O)O)N(C)C)CC[C@]4(C)[C@H]3CC[C@]12C. The third-order valence-electron chi connectivity index (χ3n) is 11.8. The van der Waals surface area contributed by atoms with Crippen molar-refractivity contribution in [2.45, 2.75) is 110 Å². The molecule has 0 aliphatic heterocycles. The number of carbonyl (C=O) groups is 3. The van der Waals surface area contributed by atoms with Crippen LogP contribution < -0.4 is 0 Å². The highest BCUT2D eigenvalue weighted by Gasteiger charge is 2.60. The molecule has 7 heteroatoms. The van der Waals surface area contributed by atoms with Crippen molar-refractivity contribution in [3.63, 3.8) is 0 Å². The van der Waals surface area contributed by atoms with E-state index in [1.165, 1.54) is 38.5 Å². The summed E-state index contributed by atoms with van der Waals surface area (Å²) in [5.74, 6) is 1.81. The number of ether oxygens (including phenoxy) is 1. The number of carboxylic acid groups (broad SMARTS) is 2. The Morgan fingerprint density at radius 1 is 0.946 bits per heavy atom. The van der Waals surface area contributed by atoms with Gasteiger partial charge in [0.2, 0.25) is 0 Å². The van der Waals surface area contributed by atoms with Gasteiger partial charge in [0.1, 0.15) is 12.1 Å². The molecule has 4 aliphatic rings. The molecule has 4 saturated carbocycles. The van der Waals surface area contributed by atoms with Crippen LogP contribution in [-0.4, -0.2) is 59.3 Å². The van der Waals surface area contributed by atoms with Crippen molar-refractivity contribution in [2.24, 2.45) is 46.3 Å². The lowest BCUT2D eigenvalue weighted by Gasteiger charge is -2.61. The molecular weight excluding hydrogens is 470 g/mol. The Morgan fingerprint density at radius 2 is 1.62 bits per heavy atom. The minimum atomic E-state index is -0.994. The first-order valence-corrected chi connectivity index (χ1v) is 14.7.